The molecule has 0 aromatic heterocycles. The number of ether oxygens (including phenoxy) is 1. The third-order valence-corrected chi connectivity index (χ3v) is 5.79. The second-order valence-electron chi connectivity index (χ2n) is 8.07. The van der Waals surface area contributed by atoms with Gasteiger partial charge >= 0.3 is 12.1 Å². The second kappa shape index (κ2) is 8.15. The van der Waals surface area contributed by atoms with E-state index in [-0.39, 0.29) is 12.7 Å². The van der Waals surface area contributed by atoms with E-state index in [2.05, 4.69) is 20.8 Å². The SMILES string of the molecule is CC1CCC(C(C)C)C(OCC(=O)N2C[C@@H](C(F)(F)F)[C@H](C(=O)O)C2)C1. The van der Waals surface area contributed by atoms with Gasteiger partial charge in [-0.25, -0.2) is 0 Å². The van der Waals surface area contributed by atoms with Gasteiger partial charge in [-0.15, -0.1) is 0 Å². The molecule has 3 unspecified atom stereocenters. The highest BCUT2D eigenvalue weighted by atomic mass is 19.4. The quantitative estimate of drug-likeness (QED) is 0.797. The molecule has 1 amide bonds. The summed E-state index contributed by atoms with van der Waals surface area (Å²) >= 11 is 0. The van der Waals surface area contributed by atoms with E-state index in [0.717, 1.165) is 24.2 Å². The number of nitrogens with zero attached hydrogens (tertiary/aromatic N) is 1. The first-order valence-corrected chi connectivity index (χ1v) is 9.19. The van der Waals surface area contributed by atoms with Crippen LogP contribution in [0, 0.1) is 29.6 Å². The Balaban J connectivity index is 1.96. The summed E-state index contributed by atoms with van der Waals surface area (Å²) in [5, 5.41) is 9.04. The fourth-order valence-electron chi connectivity index (χ4n) is 4.17. The Kier molecular flexibility index (Phi) is 6.58. The molecule has 0 aromatic rings. The number of carbonyl (C=O) groups is 2. The van der Waals surface area contributed by atoms with Gasteiger partial charge in [0.1, 0.15) is 6.61 Å². The Morgan fingerprint density at radius 1 is 1.23 bits per heavy atom. The number of alkyl halides is 3. The maximum Gasteiger partial charge on any atom is 0.394 e. The summed E-state index contributed by atoms with van der Waals surface area (Å²) in [4.78, 5) is 24.4. The number of halogens is 3. The van der Waals surface area contributed by atoms with Crippen LogP contribution in [0.15, 0.2) is 0 Å². The molecule has 1 saturated carbocycles. The number of carbonyl (C=O) groups excluding carboxylic acids is 1. The van der Waals surface area contributed by atoms with E-state index in [1.807, 2.05) is 0 Å². The average Bonchev–Trinajstić information content (AvgIpc) is 2.98. The lowest BCUT2D eigenvalue weighted by Crippen LogP contribution is -2.39. The summed E-state index contributed by atoms with van der Waals surface area (Å²) < 4.78 is 44.9. The molecule has 0 bridgehead atoms. The number of rotatable bonds is 5. The summed E-state index contributed by atoms with van der Waals surface area (Å²) in [6.07, 6.45) is -1.77. The fourth-order valence-corrected chi connectivity index (χ4v) is 4.17. The monoisotopic (exact) mass is 379 g/mol. The van der Waals surface area contributed by atoms with Gasteiger partial charge in [0.05, 0.1) is 17.9 Å². The van der Waals surface area contributed by atoms with Gasteiger partial charge in [0.25, 0.3) is 0 Å². The molecule has 1 aliphatic heterocycles. The van der Waals surface area contributed by atoms with Gasteiger partial charge < -0.3 is 14.7 Å². The van der Waals surface area contributed by atoms with Gasteiger partial charge in [-0.1, -0.05) is 27.2 Å². The Morgan fingerprint density at radius 3 is 2.38 bits per heavy atom. The number of carboxylic acid groups (broad SMARTS) is 1. The normalized spacial score (nSPS) is 32.9. The van der Waals surface area contributed by atoms with E-state index in [1.54, 1.807) is 0 Å². The number of aliphatic carboxylic acids is 1. The number of amides is 1. The van der Waals surface area contributed by atoms with Crippen molar-refractivity contribution in [3.05, 3.63) is 0 Å². The van der Waals surface area contributed by atoms with E-state index in [1.165, 1.54) is 0 Å². The molecule has 0 aromatic carbocycles. The summed E-state index contributed by atoms with van der Waals surface area (Å²) in [5.41, 5.74) is 0. The van der Waals surface area contributed by atoms with Crippen molar-refractivity contribution < 1.29 is 32.6 Å². The number of carboxylic acids is 1. The molecule has 26 heavy (non-hydrogen) atoms. The highest BCUT2D eigenvalue weighted by Gasteiger charge is 2.53. The molecule has 5 nitrogen and oxygen atoms in total. The second-order valence-corrected chi connectivity index (χ2v) is 8.07. The van der Waals surface area contributed by atoms with Gasteiger partial charge in [-0.2, -0.15) is 13.2 Å². The lowest BCUT2D eigenvalue weighted by molar-refractivity contribution is -0.188. The lowest BCUT2D eigenvalue weighted by atomic mass is 9.75. The Bertz CT molecular complexity index is 523. The minimum absolute atomic E-state index is 0.0843. The molecule has 1 N–H and O–H groups in total. The van der Waals surface area contributed by atoms with Crippen LogP contribution in [-0.4, -0.2) is 53.9 Å². The summed E-state index contributed by atoms with van der Waals surface area (Å²) in [7, 11) is 0. The van der Waals surface area contributed by atoms with Crippen molar-refractivity contribution in [2.45, 2.75) is 52.3 Å². The zero-order valence-electron chi connectivity index (χ0n) is 15.5. The number of likely N-dealkylation sites (tertiary alicyclic amines) is 1. The van der Waals surface area contributed by atoms with Crippen molar-refractivity contribution in [2.24, 2.45) is 29.6 Å². The van der Waals surface area contributed by atoms with Crippen molar-refractivity contribution >= 4 is 11.9 Å². The fraction of sp³-hybridized carbons (Fsp3) is 0.889. The van der Waals surface area contributed by atoms with Crippen LogP contribution >= 0.6 is 0 Å². The Hall–Kier alpha value is -1.31. The van der Waals surface area contributed by atoms with Crippen molar-refractivity contribution in [3.8, 4) is 0 Å². The first-order chi connectivity index (χ1) is 12.0. The standard InChI is InChI=1S/C18H28F3NO4/c1-10(2)12-5-4-11(3)6-15(12)26-9-16(23)22-7-13(17(24)25)14(8-22)18(19,20)21/h10-15H,4-9H2,1-3H3,(H,24,25)/t11?,12?,13-,14-,15?/m1/s1. The first kappa shape index (κ1) is 21.0. The molecule has 1 saturated heterocycles. The van der Waals surface area contributed by atoms with E-state index in [0.29, 0.717) is 17.8 Å². The first-order valence-electron chi connectivity index (χ1n) is 9.19. The molecule has 1 aliphatic carbocycles. The van der Waals surface area contributed by atoms with E-state index < -0.39 is 43.0 Å². The van der Waals surface area contributed by atoms with Gasteiger partial charge in [-0.05, 0) is 30.6 Å². The van der Waals surface area contributed by atoms with E-state index in [4.69, 9.17) is 9.84 Å². The third kappa shape index (κ3) is 4.90. The molecule has 150 valence electrons. The topological polar surface area (TPSA) is 66.8 Å². The minimum Gasteiger partial charge on any atom is -0.481 e. The van der Waals surface area contributed by atoms with Crippen LogP contribution in [0.3, 0.4) is 0 Å². The van der Waals surface area contributed by atoms with Crippen LogP contribution in [0.5, 0.6) is 0 Å². The Morgan fingerprint density at radius 2 is 1.88 bits per heavy atom. The Labute approximate surface area is 151 Å². The van der Waals surface area contributed by atoms with Gasteiger partial charge in [-0.3, -0.25) is 9.59 Å². The smallest absolute Gasteiger partial charge is 0.394 e. The van der Waals surface area contributed by atoms with Crippen LogP contribution in [0.25, 0.3) is 0 Å². The molecule has 5 atom stereocenters. The van der Waals surface area contributed by atoms with Crippen LogP contribution in [0.1, 0.15) is 40.0 Å². The van der Waals surface area contributed by atoms with Crippen LogP contribution in [0.2, 0.25) is 0 Å². The zero-order valence-corrected chi connectivity index (χ0v) is 15.5. The largest absolute Gasteiger partial charge is 0.481 e. The summed E-state index contributed by atoms with van der Waals surface area (Å²) in [5.74, 6) is -4.51. The molecular weight excluding hydrogens is 351 g/mol. The third-order valence-electron chi connectivity index (χ3n) is 5.79. The van der Waals surface area contributed by atoms with Gasteiger partial charge in [0.2, 0.25) is 5.91 Å². The average molecular weight is 379 g/mol. The lowest BCUT2D eigenvalue weighted by Gasteiger charge is -2.37. The predicted molar refractivity (Wildman–Crippen MR) is 88.3 cm³/mol. The van der Waals surface area contributed by atoms with Crippen LogP contribution < -0.4 is 0 Å². The summed E-state index contributed by atoms with van der Waals surface area (Å²) in [6.45, 7) is 5.00. The van der Waals surface area contributed by atoms with E-state index >= 15 is 0 Å². The number of hydrogen-bond donors (Lipinski definition) is 1. The molecule has 0 spiro atoms. The molecule has 2 rings (SSSR count). The highest BCUT2D eigenvalue weighted by Crippen LogP contribution is 2.38. The maximum absolute atomic E-state index is 13.0. The van der Waals surface area contributed by atoms with Gasteiger partial charge in [0, 0.05) is 13.1 Å². The maximum atomic E-state index is 13.0. The molecule has 8 heteroatoms. The van der Waals surface area contributed by atoms with Gasteiger partial charge in [0.15, 0.2) is 0 Å². The van der Waals surface area contributed by atoms with Crippen molar-refractivity contribution in [1.82, 2.24) is 4.90 Å². The zero-order chi connectivity index (χ0) is 19.6. The van der Waals surface area contributed by atoms with Crippen molar-refractivity contribution in [1.29, 1.82) is 0 Å². The van der Waals surface area contributed by atoms with Crippen LogP contribution in [0.4, 0.5) is 13.2 Å². The molecule has 0 radical (unpaired) electrons. The van der Waals surface area contributed by atoms with Crippen molar-refractivity contribution in [3.63, 3.8) is 0 Å². The predicted octanol–water partition coefficient (Wildman–Crippen LogP) is 3.19. The van der Waals surface area contributed by atoms with E-state index in [9.17, 15) is 22.8 Å². The molecular formula is C18H28F3NO4. The molecule has 1 heterocycles. The minimum atomic E-state index is -4.64. The van der Waals surface area contributed by atoms with Crippen LogP contribution in [-0.2, 0) is 14.3 Å². The highest BCUT2D eigenvalue weighted by molar-refractivity contribution is 5.80. The summed E-state index contributed by atoms with van der Waals surface area (Å²) in [6, 6.07) is 0. The molecule has 2 fully saturated rings. The van der Waals surface area contributed by atoms with Crippen molar-refractivity contribution in [2.75, 3.05) is 19.7 Å². The molecule has 2 aliphatic rings. The number of hydrogen-bond acceptors (Lipinski definition) is 3.